The summed E-state index contributed by atoms with van der Waals surface area (Å²) < 4.78 is 85.3. The van der Waals surface area contributed by atoms with Crippen LogP contribution in [0.15, 0.2) is 66.7 Å². The molecule has 0 aliphatic carbocycles. The molecule has 0 N–H and O–H groups in total. The molecule has 1 unspecified atom stereocenters. The number of anilines is 1. The molecule has 10 heteroatoms. The van der Waals surface area contributed by atoms with Gasteiger partial charge in [0.2, 0.25) is 0 Å². The number of halogens is 6. The fraction of sp³-hybridized carbons (Fsp3) is 0.200. The molecule has 0 saturated carbocycles. The normalized spacial score (nSPS) is 15.3. The van der Waals surface area contributed by atoms with Crippen molar-refractivity contribution in [3.8, 4) is 11.1 Å². The summed E-state index contributed by atoms with van der Waals surface area (Å²) >= 11 is 0. The smallest absolute Gasteiger partial charge is 0.416 e. The van der Waals surface area contributed by atoms with Crippen LogP contribution in [-0.4, -0.2) is 19.0 Å². The number of amides is 1. The van der Waals surface area contributed by atoms with Gasteiger partial charge in [0.25, 0.3) is 5.91 Å². The molecule has 3 aromatic rings. The van der Waals surface area contributed by atoms with Crippen molar-refractivity contribution in [1.29, 1.82) is 0 Å². The first-order chi connectivity index (χ1) is 16.4. The van der Waals surface area contributed by atoms with Gasteiger partial charge in [0.15, 0.2) is 0 Å². The highest BCUT2D eigenvalue weighted by Gasteiger charge is 2.40. The van der Waals surface area contributed by atoms with Crippen LogP contribution in [0.3, 0.4) is 0 Å². The molecule has 1 aliphatic rings. The number of nitrogens with zero attached hydrogens (tertiary/aromatic N) is 1. The number of para-hydroxylation sites is 1. The SMILES string of the molecule is COC(=O)CC1c2ccccc2-c2ccccc2N1C(=O)c1cc(C(F)(F)F)cc(C(F)(F)F)c1. The van der Waals surface area contributed by atoms with Gasteiger partial charge in [-0.25, -0.2) is 0 Å². The summed E-state index contributed by atoms with van der Waals surface area (Å²) in [5.41, 5.74) is -2.04. The molecule has 0 spiro atoms. The zero-order chi connectivity index (χ0) is 25.5. The summed E-state index contributed by atoms with van der Waals surface area (Å²) in [6.07, 6.45) is -10.6. The molecule has 1 amide bonds. The topological polar surface area (TPSA) is 46.6 Å². The number of carbonyl (C=O) groups excluding carboxylic acids is 2. The monoisotopic (exact) mass is 493 g/mol. The van der Waals surface area contributed by atoms with Crippen LogP contribution in [0, 0.1) is 0 Å². The van der Waals surface area contributed by atoms with Crippen LogP contribution in [0.2, 0.25) is 0 Å². The maximum Gasteiger partial charge on any atom is 0.416 e. The van der Waals surface area contributed by atoms with E-state index in [0.717, 1.165) is 12.0 Å². The van der Waals surface area contributed by atoms with Crippen molar-refractivity contribution in [2.75, 3.05) is 12.0 Å². The second-order valence-corrected chi connectivity index (χ2v) is 7.87. The van der Waals surface area contributed by atoms with Gasteiger partial charge < -0.3 is 4.74 Å². The molecule has 0 aromatic heterocycles. The molecule has 0 radical (unpaired) electrons. The Morgan fingerprint density at radius 3 is 1.94 bits per heavy atom. The van der Waals surface area contributed by atoms with Gasteiger partial charge in [-0.2, -0.15) is 26.3 Å². The van der Waals surface area contributed by atoms with Gasteiger partial charge in [0.05, 0.1) is 36.4 Å². The molecule has 4 nitrogen and oxygen atoms in total. The summed E-state index contributed by atoms with van der Waals surface area (Å²) in [6.45, 7) is 0. The summed E-state index contributed by atoms with van der Waals surface area (Å²) in [5, 5.41) is 0. The van der Waals surface area contributed by atoms with Crippen molar-refractivity contribution in [2.45, 2.75) is 24.8 Å². The number of carbonyl (C=O) groups is 2. The van der Waals surface area contributed by atoms with Gasteiger partial charge in [-0.1, -0.05) is 42.5 Å². The predicted octanol–water partition coefficient (Wildman–Crippen LogP) is 6.66. The van der Waals surface area contributed by atoms with E-state index < -0.39 is 47.0 Å². The Balaban J connectivity index is 1.93. The number of fused-ring (bicyclic) bond motifs is 3. The highest BCUT2D eigenvalue weighted by molar-refractivity contribution is 6.10. The van der Waals surface area contributed by atoms with E-state index in [0.29, 0.717) is 28.8 Å². The third-order valence-electron chi connectivity index (χ3n) is 5.73. The van der Waals surface area contributed by atoms with Crippen LogP contribution in [0.25, 0.3) is 11.1 Å². The molecular formula is C25H17F6NO3. The number of methoxy groups -OCH3 is 1. The minimum absolute atomic E-state index is 0.0395. The molecule has 0 bridgehead atoms. The number of rotatable bonds is 3. The lowest BCUT2D eigenvalue weighted by Gasteiger charge is -2.38. The summed E-state index contributed by atoms with van der Waals surface area (Å²) in [6, 6.07) is 13.0. The Morgan fingerprint density at radius 2 is 1.37 bits per heavy atom. The Hall–Kier alpha value is -3.82. The zero-order valence-electron chi connectivity index (χ0n) is 18.1. The molecule has 1 aliphatic heterocycles. The van der Waals surface area contributed by atoms with Crippen molar-refractivity contribution in [3.05, 3.63) is 89.0 Å². The fourth-order valence-electron chi connectivity index (χ4n) is 4.16. The van der Waals surface area contributed by atoms with Crippen LogP contribution in [0.4, 0.5) is 32.0 Å². The lowest BCUT2D eigenvalue weighted by Crippen LogP contribution is -2.39. The second-order valence-electron chi connectivity index (χ2n) is 7.87. The summed E-state index contributed by atoms with van der Waals surface area (Å²) in [4.78, 5) is 26.9. The van der Waals surface area contributed by atoms with Gasteiger partial charge >= 0.3 is 18.3 Å². The van der Waals surface area contributed by atoms with Crippen LogP contribution in [0.5, 0.6) is 0 Å². The van der Waals surface area contributed by atoms with Gasteiger partial charge in [-0.3, -0.25) is 14.5 Å². The number of alkyl halides is 6. The Bertz CT molecular complexity index is 1270. The molecule has 4 rings (SSSR count). The van der Waals surface area contributed by atoms with E-state index in [1.54, 1.807) is 42.5 Å². The first kappa shape index (κ1) is 24.3. The quantitative estimate of drug-likeness (QED) is 0.303. The Labute approximate surface area is 195 Å². The summed E-state index contributed by atoms with van der Waals surface area (Å²) in [7, 11) is 1.14. The van der Waals surface area contributed by atoms with Crippen LogP contribution < -0.4 is 4.90 Å². The molecule has 1 atom stereocenters. The highest BCUT2D eigenvalue weighted by atomic mass is 19.4. The maximum atomic E-state index is 13.6. The van der Waals surface area contributed by atoms with E-state index in [1.807, 2.05) is 0 Å². The number of hydrogen-bond donors (Lipinski definition) is 0. The molecule has 3 aromatic carbocycles. The van der Waals surface area contributed by atoms with Gasteiger partial charge in [0.1, 0.15) is 0 Å². The third kappa shape index (κ3) is 4.60. The second kappa shape index (κ2) is 8.75. The Kier molecular flexibility index (Phi) is 6.08. The van der Waals surface area contributed by atoms with Crippen molar-refractivity contribution in [1.82, 2.24) is 0 Å². The molecular weight excluding hydrogens is 476 g/mol. The number of hydrogen-bond acceptors (Lipinski definition) is 3. The minimum atomic E-state index is -5.12. The van der Waals surface area contributed by atoms with E-state index in [-0.39, 0.29) is 18.2 Å². The van der Waals surface area contributed by atoms with Crippen LogP contribution in [-0.2, 0) is 21.9 Å². The van der Waals surface area contributed by atoms with E-state index in [1.165, 1.54) is 6.07 Å². The fourth-order valence-corrected chi connectivity index (χ4v) is 4.16. The predicted molar refractivity (Wildman–Crippen MR) is 115 cm³/mol. The first-order valence-electron chi connectivity index (χ1n) is 10.3. The van der Waals surface area contributed by atoms with E-state index >= 15 is 0 Å². The molecule has 182 valence electrons. The highest BCUT2D eigenvalue weighted by Crippen LogP contribution is 2.47. The van der Waals surface area contributed by atoms with Crippen molar-refractivity contribution >= 4 is 17.6 Å². The van der Waals surface area contributed by atoms with E-state index in [9.17, 15) is 35.9 Å². The first-order valence-corrected chi connectivity index (χ1v) is 10.3. The lowest BCUT2D eigenvalue weighted by molar-refractivity contribution is -0.143. The van der Waals surface area contributed by atoms with Crippen molar-refractivity contribution in [2.24, 2.45) is 0 Å². The van der Waals surface area contributed by atoms with Crippen LogP contribution >= 0.6 is 0 Å². The molecule has 0 saturated heterocycles. The Morgan fingerprint density at radius 1 is 0.829 bits per heavy atom. The molecule has 35 heavy (non-hydrogen) atoms. The standard InChI is InChI=1S/C25H17F6NO3/c1-35-22(33)13-21-19-8-3-2-6-17(19)18-7-4-5-9-20(18)32(21)23(34)14-10-15(24(26,27)28)12-16(11-14)25(29,30)31/h2-12,21H,13H2,1H3. The van der Waals surface area contributed by atoms with Crippen molar-refractivity contribution in [3.63, 3.8) is 0 Å². The zero-order valence-corrected chi connectivity index (χ0v) is 18.1. The van der Waals surface area contributed by atoms with Crippen LogP contribution in [0.1, 0.15) is 39.5 Å². The summed E-state index contributed by atoms with van der Waals surface area (Å²) in [5.74, 6) is -1.82. The minimum Gasteiger partial charge on any atom is -0.469 e. The number of esters is 1. The number of benzene rings is 3. The molecule has 0 fully saturated rings. The lowest BCUT2D eigenvalue weighted by atomic mass is 9.86. The average Bonchev–Trinajstić information content (AvgIpc) is 2.82. The average molecular weight is 493 g/mol. The largest absolute Gasteiger partial charge is 0.469 e. The van der Waals surface area contributed by atoms with Gasteiger partial charge in [-0.15, -0.1) is 0 Å². The van der Waals surface area contributed by atoms with E-state index in [4.69, 9.17) is 4.74 Å². The third-order valence-corrected chi connectivity index (χ3v) is 5.73. The number of ether oxygens (including phenoxy) is 1. The maximum absolute atomic E-state index is 13.6. The van der Waals surface area contributed by atoms with Crippen molar-refractivity contribution < 1.29 is 40.7 Å². The molecule has 1 heterocycles. The van der Waals surface area contributed by atoms with Gasteiger partial charge in [-0.05, 0) is 35.4 Å². The van der Waals surface area contributed by atoms with E-state index in [2.05, 4.69) is 0 Å². The van der Waals surface area contributed by atoms with Gasteiger partial charge in [0, 0.05) is 11.1 Å².